The van der Waals surface area contributed by atoms with Gasteiger partial charge in [-0.3, -0.25) is 0 Å². The van der Waals surface area contributed by atoms with E-state index in [4.69, 9.17) is 0 Å². The third kappa shape index (κ3) is 5.14. The van der Waals surface area contributed by atoms with Crippen molar-refractivity contribution in [2.45, 2.75) is 58.8 Å². The van der Waals surface area contributed by atoms with Crippen molar-refractivity contribution in [3.05, 3.63) is 35.9 Å². The van der Waals surface area contributed by atoms with E-state index in [1.54, 1.807) is 5.56 Å². The first kappa shape index (κ1) is 16.5. The van der Waals surface area contributed by atoms with Crippen molar-refractivity contribution in [3.63, 3.8) is 0 Å². The van der Waals surface area contributed by atoms with Crippen molar-refractivity contribution in [1.82, 2.24) is 5.32 Å². The van der Waals surface area contributed by atoms with Crippen LogP contribution in [-0.4, -0.2) is 13.1 Å². The first-order chi connectivity index (χ1) is 10.2. The summed E-state index contributed by atoms with van der Waals surface area (Å²) in [6.07, 6.45) is 6.98. The maximum atomic E-state index is 3.70. The molecule has 0 bridgehead atoms. The molecule has 1 aliphatic carbocycles. The fourth-order valence-electron chi connectivity index (χ4n) is 3.90. The van der Waals surface area contributed by atoms with Crippen LogP contribution in [0.2, 0.25) is 0 Å². The summed E-state index contributed by atoms with van der Waals surface area (Å²) in [4.78, 5) is 0. The highest BCUT2D eigenvalue weighted by molar-refractivity contribution is 5.21. The summed E-state index contributed by atoms with van der Waals surface area (Å²) in [5.41, 5.74) is 1.56. The van der Waals surface area contributed by atoms with Gasteiger partial charge >= 0.3 is 0 Å². The topological polar surface area (TPSA) is 12.0 Å². The molecular formula is C20H33N. The lowest BCUT2D eigenvalue weighted by atomic mass is 9.70. The molecule has 0 amide bonds. The molecule has 1 aliphatic rings. The maximum Gasteiger partial charge on any atom is -0.00146 e. The number of nitrogens with one attached hydrogen (secondary N) is 1. The monoisotopic (exact) mass is 287 g/mol. The van der Waals surface area contributed by atoms with Crippen LogP contribution in [0.15, 0.2) is 30.3 Å². The SMILES string of the molecule is CCCC1CCC(CNCC(C)C)C(c2ccccc2)C1. The summed E-state index contributed by atoms with van der Waals surface area (Å²) < 4.78 is 0. The Morgan fingerprint density at radius 2 is 1.90 bits per heavy atom. The van der Waals surface area contributed by atoms with Crippen molar-refractivity contribution in [2.24, 2.45) is 17.8 Å². The highest BCUT2D eigenvalue weighted by atomic mass is 14.9. The van der Waals surface area contributed by atoms with Crippen LogP contribution in [-0.2, 0) is 0 Å². The standard InChI is InChI=1S/C20H33N/c1-4-8-17-11-12-19(15-21-14-16(2)3)20(13-17)18-9-6-5-7-10-18/h5-7,9-10,16-17,19-21H,4,8,11-15H2,1-3H3. The molecule has 1 fully saturated rings. The van der Waals surface area contributed by atoms with Gasteiger partial charge in [-0.05, 0) is 55.2 Å². The van der Waals surface area contributed by atoms with E-state index in [9.17, 15) is 0 Å². The molecular weight excluding hydrogens is 254 g/mol. The van der Waals surface area contributed by atoms with Crippen molar-refractivity contribution in [1.29, 1.82) is 0 Å². The number of benzene rings is 1. The van der Waals surface area contributed by atoms with Gasteiger partial charge in [0, 0.05) is 0 Å². The zero-order valence-corrected chi connectivity index (χ0v) is 14.1. The Balaban J connectivity index is 2.00. The Labute approximate surface area is 131 Å². The van der Waals surface area contributed by atoms with Gasteiger partial charge in [0.05, 0.1) is 0 Å². The Bertz CT molecular complexity index is 384. The Morgan fingerprint density at radius 1 is 1.14 bits per heavy atom. The van der Waals surface area contributed by atoms with E-state index in [0.717, 1.165) is 30.2 Å². The van der Waals surface area contributed by atoms with Crippen LogP contribution in [0.3, 0.4) is 0 Å². The van der Waals surface area contributed by atoms with Gasteiger partial charge < -0.3 is 5.32 Å². The minimum absolute atomic E-state index is 0.747. The van der Waals surface area contributed by atoms with E-state index in [1.165, 1.54) is 38.6 Å². The molecule has 0 radical (unpaired) electrons. The molecule has 1 aromatic rings. The first-order valence-corrected chi connectivity index (χ1v) is 8.96. The molecule has 118 valence electrons. The molecule has 1 heteroatoms. The van der Waals surface area contributed by atoms with Crippen LogP contribution in [0.4, 0.5) is 0 Å². The molecule has 3 unspecified atom stereocenters. The predicted octanol–water partition coefficient (Wildman–Crippen LogP) is 5.23. The minimum Gasteiger partial charge on any atom is -0.316 e. The molecule has 0 spiro atoms. The lowest BCUT2D eigenvalue weighted by molar-refractivity contribution is 0.219. The van der Waals surface area contributed by atoms with E-state index >= 15 is 0 Å². The predicted molar refractivity (Wildman–Crippen MR) is 92.6 cm³/mol. The summed E-state index contributed by atoms with van der Waals surface area (Å²) in [5, 5.41) is 3.70. The van der Waals surface area contributed by atoms with E-state index in [0.29, 0.717) is 0 Å². The summed E-state index contributed by atoms with van der Waals surface area (Å²) in [7, 11) is 0. The quantitative estimate of drug-likeness (QED) is 0.724. The average molecular weight is 287 g/mol. The van der Waals surface area contributed by atoms with Gasteiger partial charge in [-0.1, -0.05) is 70.4 Å². The van der Waals surface area contributed by atoms with Crippen molar-refractivity contribution in [2.75, 3.05) is 13.1 Å². The van der Waals surface area contributed by atoms with Gasteiger partial charge in [0.2, 0.25) is 0 Å². The van der Waals surface area contributed by atoms with Crippen LogP contribution in [0.25, 0.3) is 0 Å². The largest absolute Gasteiger partial charge is 0.316 e. The fourth-order valence-corrected chi connectivity index (χ4v) is 3.90. The smallest absolute Gasteiger partial charge is 0.00146 e. The molecule has 1 aromatic carbocycles. The lowest BCUT2D eigenvalue weighted by Gasteiger charge is -2.37. The zero-order valence-electron chi connectivity index (χ0n) is 14.1. The Kier molecular flexibility index (Phi) is 6.76. The summed E-state index contributed by atoms with van der Waals surface area (Å²) in [5.74, 6) is 3.27. The van der Waals surface area contributed by atoms with Crippen LogP contribution in [0, 0.1) is 17.8 Å². The Morgan fingerprint density at radius 3 is 2.57 bits per heavy atom. The first-order valence-electron chi connectivity index (χ1n) is 8.96. The van der Waals surface area contributed by atoms with Gasteiger partial charge in [0.25, 0.3) is 0 Å². The molecule has 0 aromatic heterocycles. The normalized spacial score (nSPS) is 26.2. The van der Waals surface area contributed by atoms with Gasteiger partial charge in [0.1, 0.15) is 0 Å². The second-order valence-corrected chi connectivity index (χ2v) is 7.30. The molecule has 0 saturated heterocycles. The summed E-state index contributed by atoms with van der Waals surface area (Å²) >= 11 is 0. The highest BCUT2D eigenvalue weighted by Crippen LogP contribution is 2.41. The molecule has 21 heavy (non-hydrogen) atoms. The van der Waals surface area contributed by atoms with Gasteiger partial charge in [-0.25, -0.2) is 0 Å². The van der Waals surface area contributed by atoms with Gasteiger partial charge in [0.15, 0.2) is 0 Å². The van der Waals surface area contributed by atoms with E-state index < -0.39 is 0 Å². The van der Waals surface area contributed by atoms with Crippen molar-refractivity contribution in [3.8, 4) is 0 Å². The van der Waals surface area contributed by atoms with Crippen LogP contribution in [0.1, 0.15) is 64.4 Å². The second-order valence-electron chi connectivity index (χ2n) is 7.30. The third-order valence-electron chi connectivity index (χ3n) is 4.99. The van der Waals surface area contributed by atoms with Gasteiger partial charge in [-0.2, -0.15) is 0 Å². The van der Waals surface area contributed by atoms with Crippen LogP contribution < -0.4 is 5.32 Å². The minimum atomic E-state index is 0.747. The van der Waals surface area contributed by atoms with Crippen molar-refractivity contribution >= 4 is 0 Å². The fraction of sp³-hybridized carbons (Fsp3) is 0.700. The molecule has 1 saturated carbocycles. The molecule has 1 nitrogen and oxygen atoms in total. The molecule has 1 N–H and O–H groups in total. The van der Waals surface area contributed by atoms with Gasteiger partial charge in [-0.15, -0.1) is 0 Å². The maximum absolute atomic E-state index is 3.70. The molecule has 2 rings (SSSR count). The number of hydrogen-bond donors (Lipinski definition) is 1. The number of rotatable bonds is 7. The van der Waals surface area contributed by atoms with E-state index in [2.05, 4.69) is 56.4 Å². The van der Waals surface area contributed by atoms with E-state index in [-0.39, 0.29) is 0 Å². The van der Waals surface area contributed by atoms with Crippen LogP contribution >= 0.6 is 0 Å². The van der Waals surface area contributed by atoms with Crippen molar-refractivity contribution < 1.29 is 0 Å². The average Bonchev–Trinajstić information content (AvgIpc) is 2.49. The second kappa shape index (κ2) is 8.58. The van der Waals surface area contributed by atoms with E-state index in [1.807, 2.05) is 0 Å². The summed E-state index contributed by atoms with van der Waals surface area (Å²) in [6, 6.07) is 11.2. The lowest BCUT2D eigenvalue weighted by Crippen LogP contribution is -2.33. The van der Waals surface area contributed by atoms with Crippen LogP contribution in [0.5, 0.6) is 0 Å². The summed E-state index contributed by atoms with van der Waals surface area (Å²) in [6.45, 7) is 9.25. The molecule has 0 aliphatic heterocycles. The number of hydrogen-bond acceptors (Lipinski definition) is 1. The third-order valence-corrected chi connectivity index (χ3v) is 4.99. The highest BCUT2D eigenvalue weighted by Gasteiger charge is 2.30. The zero-order chi connectivity index (χ0) is 15.1. The molecule has 3 atom stereocenters. The molecule has 0 heterocycles. The Hall–Kier alpha value is -0.820.